The molecule has 7 aromatic rings. The van der Waals surface area contributed by atoms with E-state index in [-0.39, 0.29) is 0 Å². The second-order valence-corrected chi connectivity index (χ2v) is 10.6. The average Bonchev–Trinajstić information content (AvgIpc) is 3.32. The third kappa shape index (κ3) is 4.32. The van der Waals surface area contributed by atoms with Crippen molar-refractivity contribution in [2.75, 3.05) is 4.90 Å². The van der Waals surface area contributed by atoms with E-state index >= 15 is 0 Å². The summed E-state index contributed by atoms with van der Waals surface area (Å²) in [5.41, 5.74) is 8.67. The van der Waals surface area contributed by atoms with Gasteiger partial charge < -0.3 is 9.47 Å². The summed E-state index contributed by atoms with van der Waals surface area (Å²) < 4.78 is 2.34. The van der Waals surface area contributed by atoms with Crippen LogP contribution in [0.25, 0.3) is 38.6 Å². The fraction of sp³-hybridized carbons (Fsp3) is 0. The van der Waals surface area contributed by atoms with Crippen LogP contribution in [0.5, 0.6) is 0 Å². The third-order valence-electron chi connectivity index (χ3n) is 7.26. The number of hydrogen-bond acceptors (Lipinski definition) is 1. The highest BCUT2D eigenvalue weighted by Crippen LogP contribution is 2.43. The van der Waals surface area contributed by atoms with Crippen molar-refractivity contribution in [2.45, 2.75) is 0 Å². The van der Waals surface area contributed by atoms with Gasteiger partial charge in [0, 0.05) is 43.4 Å². The molecule has 0 atom stereocenters. The molecule has 0 saturated carbocycles. The van der Waals surface area contributed by atoms with E-state index in [2.05, 4.69) is 125 Å². The number of aromatic nitrogens is 1. The van der Waals surface area contributed by atoms with Crippen LogP contribution in [-0.2, 0) is 0 Å². The molecule has 1 heterocycles. The fourth-order valence-electron chi connectivity index (χ4n) is 5.58. The Bertz CT molecular complexity index is 1960. The monoisotopic (exact) mass is 554 g/mol. The maximum absolute atomic E-state index is 6.44. The highest BCUT2D eigenvalue weighted by molar-refractivity contribution is 6.35. The summed E-state index contributed by atoms with van der Waals surface area (Å²) in [7, 11) is 0. The Morgan fingerprint density at radius 1 is 0.475 bits per heavy atom. The molecule has 4 heteroatoms. The lowest BCUT2D eigenvalue weighted by Gasteiger charge is -2.28. The summed E-state index contributed by atoms with van der Waals surface area (Å²) in [5, 5.41) is 3.63. The number of hydrogen-bond donors (Lipinski definition) is 0. The van der Waals surface area contributed by atoms with Gasteiger partial charge in [-0.3, -0.25) is 0 Å². The van der Waals surface area contributed by atoms with Crippen molar-refractivity contribution in [3.8, 4) is 16.8 Å². The van der Waals surface area contributed by atoms with Gasteiger partial charge in [-0.1, -0.05) is 96.0 Å². The van der Waals surface area contributed by atoms with E-state index in [1.54, 1.807) is 6.07 Å². The zero-order chi connectivity index (χ0) is 27.1. The molecular formula is C36H24Cl2N2. The van der Waals surface area contributed by atoms with Gasteiger partial charge in [0.2, 0.25) is 0 Å². The summed E-state index contributed by atoms with van der Waals surface area (Å²) in [6.07, 6.45) is 0. The molecule has 0 amide bonds. The number of halogens is 2. The van der Waals surface area contributed by atoms with Crippen molar-refractivity contribution in [3.05, 3.63) is 156 Å². The first-order chi connectivity index (χ1) is 19.7. The van der Waals surface area contributed by atoms with E-state index in [0.29, 0.717) is 10.0 Å². The molecule has 0 aliphatic carbocycles. The van der Waals surface area contributed by atoms with Crippen molar-refractivity contribution in [3.63, 3.8) is 0 Å². The molecule has 0 unspecified atom stereocenters. The quantitative estimate of drug-likeness (QED) is 0.205. The topological polar surface area (TPSA) is 8.17 Å². The van der Waals surface area contributed by atoms with Gasteiger partial charge >= 0.3 is 0 Å². The molecule has 0 fully saturated rings. The lowest BCUT2D eigenvalue weighted by Crippen LogP contribution is -2.11. The largest absolute Gasteiger partial charge is 0.310 e. The SMILES string of the molecule is Clc1cc(Cl)cc(-c2ccccc2N(c2ccccc2)c2ccc3c(c2)c2ccccc2n3-c2ccccc2)c1. The van der Waals surface area contributed by atoms with Gasteiger partial charge in [0.15, 0.2) is 0 Å². The summed E-state index contributed by atoms with van der Waals surface area (Å²) in [6.45, 7) is 0. The first-order valence-electron chi connectivity index (χ1n) is 13.2. The van der Waals surface area contributed by atoms with Gasteiger partial charge in [-0.25, -0.2) is 0 Å². The summed E-state index contributed by atoms with van der Waals surface area (Å²) in [6, 6.07) is 50.4. The van der Waals surface area contributed by atoms with Gasteiger partial charge in [0.05, 0.1) is 16.7 Å². The zero-order valence-electron chi connectivity index (χ0n) is 21.5. The Balaban J connectivity index is 1.49. The molecule has 0 saturated heterocycles. The minimum Gasteiger partial charge on any atom is -0.310 e. The minimum atomic E-state index is 0.610. The first kappa shape index (κ1) is 24.5. The van der Waals surface area contributed by atoms with E-state index in [0.717, 1.165) is 33.9 Å². The molecule has 0 aliphatic heterocycles. The number of fused-ring (bicyclic) bond motifs is 3. The van der Waals surface area contributed by atoms with E-state index < -0.39 is 0 Å². The van der Waals surface area contributed by atoms with Gasteiger partial charge in [-0.05, 0) is 78.4 Å². The minimum absolute atomic E-state index is 0.610. The second kappa shape index (κ2) is 10.2. The van der Waals surface area contributed by atoms with Crippen LogP contribution in [0.15, 0.2) is 146 Å². The Morgan fingerprint density at radius 2 is 1.10 bits per heavy atom. The van der Waals surface area contributed by atoms with E-state index in [1.807, 2.05) is 24.3 Å². The highest BCUT2D eigenvalue weighted by Gasteiger charge is 2.19. The Morgan fingerprint density at radius 3 is 1.88 bits per heavy atom. The third-order valence-corrected chi connectivity index (χ3v) is 7.70. The number of para-hydroxylation sites is 4. The van der Waals surface area contributed by atoms with E-state index in [4.69, 9.17) is 23.2 Å². The molecular weight excluding hydrogens is 531 g/mol. The number of nitrogens with zero attached hydrogens (tertiary/aromatic N) is 2. The van der Waals surface area contributed by atoms with E-state index in [1.165, 1.54) is 21.8 Å². The molecule has 2 nitrogen and oxygen atoms in total. The van der Waals surface area contributed by atoms with Crippen molar-refractivity contribution in [2.24, 2.45) is 0 Å². The van der Waals surface area contributed by atoms with Gasteiger partial charge in [-0.15, -0.1) is 0 Å². The van der Waals surface area contributed by atoms with Crippen LogP contribution < -0.4 is 4.90 Å². The van der Waals surface area contributed by atoms with Gasteiger partial charge in [-0.2, -0.15) is 0 Å². The van der Waals surface area contributed by atoms with Gasteiger partial charge in [0.1, 0.15) is 0 Å². The predicted molar refractivity (Wildman–Crippen MR) is 171 cm³/mol. The normalized spacial score (nSPS) is 11.2. The van der Waals surface area contributed by atoms with Crippen molar-refractivity contribution in [1.29, 1.82) is 0 Å². The van der Waals surface area contributed by atoms with Crippen LogP contribution >= 0.6 is 23.2 Å². The van der Waals surface area contributed by atoms with Gasteiger partial charge in [0.25, 0.3) is 0 Å². The molecule has 0 aliphatic rings. The number of anilines is 3. The van der Waals surface area contributed by atoms with Crippen LogP contribution in [-0.4, -0.2) is 4.57 Å². The maximum Gasteiger partial charge on any atom is 0.0542 e. The van der Waals surface area contributed by atoms with Crippen LogP contribution in [0, 0.1) is 0 Å². The predicted octanol–water partition coefficient (Wildman–Crippen LogP) is 11.2. The Kier molecular flexibility index (Phi) is 6.28. The highest BCUT2D eigenvalue weighted by atomic mass is 35.5. The van der Waals surface area contributed by atoms with Crippen LogP contribution in [0.3, 0.4) is 0 Å². The van der Waals surface area contributed by atoms with Crippen molar-refractivity contribution >= 4 is 62.1 Å². The molecule has 0 bridgehead atoms. The fourth-order valence-corrected chi connectivity index (χ4v) is 6.11. The van der Waals surface area contributed by atoms with Crippen molar-refractivity contribution in [1.82, 2.24) is 4.57 Å². The Hall–Kier alpha value is -4.50. The molecule has 0 N–H and O–H groups in total. The van der Waals surface area contributed by atoms with E-state index in [9.17, 15) is 0 Å². The lowest BCUT2D eigenvalue weighted by molar-refractivity contribution is 1.18. The molecule has 40 heavy (non-hydrogen) atoms. The zero-order valence-corrected chi connectivity index (χ0v) is 23.0. The van der Waals surface area contributed by atoms with Crippen LogP contribution in [0.1, 0.15) is 0 Å². The number of benzene rings is 6. The summed E-state index contributed by atoms with van der Waals surface area (Å²) in [5.74, 6) is 0. The average molecular weight is 556 g/mol. The van der Waals surface area contributed by atoms with Crippen LogP contribution in [0.2, 0.25) is 10.0 Å². The lowest BCUT2D eigenvalue weighted by atomic mass is 10.0. The standard InChI is InChI=1S/C36H24Cl2N2/c37-26-21-25(22-27(38)23-26)31-15-7-9-17-34(31)39(28-11-3-1-4-12-28)30-19-20-36-33(24-30)32-16-8-10-18-35(32)40(36)29-13-5-2-6-14-29/h1-24H. The molecule has 6 aromatic carbocycles. The summed E-state index contributed by atoms with van der Waals surface area (Å²) >= 11 is 12.9. The Labute approximate surface area is 243 Å². The summed E-state index contributed by atoms with van der Waals surface area (Å²) in [4.78, 5) is 2.30. The van der Waals surface area contributed by atoms with Crippen molar-refractivity contribution < 1.29 is 0 Å². The second-order valence-electron chi connectivity index (χ2n) is 9.74. The van der Waals surface area contributed by atoms with Crippen LogP contribution in [0.4, 0.5) is 17.1 Å². The maximum atomic E-state index is 6.44. The molecule has 0 radical (unpaired) electrons. The smallest absolute Gasteiger partial charge is 0.0542 e. The molecule has 192 valence electrons. The first-order valence-corrected chi connectivity index (χ1v) is 13.9. The number of rotatable bonds is 5. The molecule has 1 aromatic heterocycles. The molecule has 7 rings (SSSR count). The molecule has 0 spiro atoms.